The zero-order valence-electron chi connectivity index (χ0n) is 9.01. The van der Waals surface area contributed by atoms with E-state index in [4.69, 9.17) is 10.9 Å². The van der Waals surface area contributed by atoms with Gasteiger partial charge < -0.3 is 5.11 Å². The van der Waals surface area contributed by atoms with Gasteiger partial charge >= 0.3 is 5.97 Å². The summed E-state index contributed by atoms with van der Waals surface area (Å²) in [7, 11) is -2.96. The number of rotatable bonds is 4. The molecule has 17 heavy (non-hydrogen) atoms. The lowest BCUT2D eigenvalue weighted by atomic mass is 9.94. The number of carboxylic acids is 1. The molecular weight excluding hydrogens is 246 g/mol. The van der Waals surface area contributed by atoms with Gasteiger partial charge in [-0.3, -0.25) is 10.6 Å². The normalized spacial score (nSPS) is 22.3. The number of nitrogens with one attached hydrogen (secondary N) is 2. The highest BCUT2D eigenvalue weighted by Crippen LogP contribution is 2.21. The van der Waals surface area contributed by atoms with Crippen molar-refractivity contribution in [3.8, 4) is 0 Å². The lowest BCUT2D eigenvalue weighted by Gasteiger charge is -2.24. The number of aliphatic carboxylic acids is 1. The number of thiol groups is 1. The first-order chi connectivity index (χ1) is 8.01. The minimum atomic E-state index is -2.96. The van der Waals surface area contributed by atoms with Crippen molar-refractivity contribution in [3.63, 3.8) is 0 Å². The number of nitrogens with two attached hydrogens (primary N) is 1. The van der Waals surface area contributed by atoms with Gasteiger partial charge in [-0.15, -0.1) is 0 Å². The maximum Gasteiger partial charge on any atom is 0.337 e. The van der Waals surface area contributed by atoms with E-state index in [2.05, 4.69) is 10.1 Å². The third-order valence-corrected chi connectivity index (χ3v) is 2.72. The Balaban J connectivity index is 3.31. The van der Waals surface area contributed by atoms with Crippen molar-refractivity contribution < 1.29 is 18.3 Å². The molecule has 1 aliphatic carbocycles. The maximum atomic E-state index is 11.0. The SMILES string of the molecule is CC=C1C=CC(C(=O)O)=C(N[SH](=O)=O)C1NN. The minimum absolute atomic E-state index is 0.00621. The van der Waals surface area contributed by atoms with Crippen molar-refractivity contribution in [2.45, 2.75) is 13.0 Å². The molecule has 0 aliphatic heterocycles. The van der Waals surface area contributed by atoms with Gasteiger partial charge in [0, 0.05) is 0 Å². The molecule has 0 fully saturated rings. The van der Waals surface area contributed by atoms with Gasteiger partial charge in [-0.25, -0.2) is 18.6 Å². The molecule has 0 aromatic rings. The molecule has 0 bridgehead atoms. The molecule has 0 amide bonds. The zero-order chi connectivity index (χ0) is 13.0. The Kier molecular flexibility index (Phi) is 4.44. The molecule has 1 aliphatic rings. The van der Waals surface area contributed by atoms with E-state index in [1.54, 1.807) is 19.1 Å². The first-order valence-corrected chi connectivity index (χ1v) is 5.88. The highest BCUT2D eigenvalue weighted by molar-refractivity contribution is 7.70. The molecule has 7 nitrogen and oxygen atoms in total. The third kappa shape index (κ3) is 2.93. The van der Waals surface area contributed by atoms with E-state index >= 15 is 0 Å². The Bertz CT molecular complexity index is 482. The average Bonchev–Trinajstić information content (AvgIpc) is 2.27. The molecule has 0 saturated carbocycles. The van der Waals surface area contributed by atoms with Gasteiger partial charge in [-0.2, -0.15) is 0 Å². The van der Waals surface area contributed by atoms with E-state index in [1.165, 1.54) is 6.08 Å². The molecule has 8 heteroatoms. The van der Waals surface area contributed by atoms with Crippen molar-refractivity contribution >= 4 is 16.9 Å². The van der Waals surface area contributed by atoms with Gasteiger partial charge in [0.05, 0.1) is 17.3 Å². The van der Waals surface area contributed by atoms with Crippen molar-refractivity contribution in [3.05, 3.63) is 35.1 Å². The fourth-order valence-corrected chi connectivity index (χ4v) is 1.99. The molecule has 0 aromatic carbocycles. The topological polar surface area (TPSA) is 122 Å². The summed E-state index contributed by atoms with van der Waals surface area (Å²) < 4.78 is 23.5. The second-order valence-corrected chi connectivity index (χ2v) is 3.96. The van der Waals surface area contributed by atoms with E-state index in [0.29, 0.717) is 5.57 Å². The van der Waals surface area contributed by atoms with Crippen LogP contribution >= 0.6 is 0 Å². The van der Waals surface area contributed by atoms with Crippen LogP contribution in [0.4, 0.5) is 0 Å². The van der Waals surface area contributed by atoms with Crippen molar-refractivity contribution in [1.82, 2.24) is 10.1 Å². The van der Waals surface area contributed by atoms with Crippen molar-refractivity contribution in [2.75, 3.05) is 0 Å². The van der Waals surface area contributed by atoms with E-state index in [-0.39, 0.29) is 11.3 Å². The molecule has 1 rings (SSSR count). The smallest absolute Gasteiger partial charge is 0.337 e. The van der Waals surface area contributed by atoms with Gasteiger partial charge in [0.1, 0.15) is 0 Å². The molecule has 0 heterocycles. The number of carboxylic acid groups (broad SMARTS) is 1. The van der Waals surface area contributed by atoms with Crippen molar-refractivity contribution in [1.29, 1.82) is 0 Å². The van der Waals surface area contributed by atoms with Crippen LogP contribution in [-0.2, 0) is 15.7 Å². The first kappa shape index (κ1) is 13.4. The number of allylic oxidation sites excluding steroid dienone is 1. The fourth-order valence-electron chi connectivity index (χ4n) is 1.54. The largest absolute Gasteiger partial charge is 0.478 e. The quantitative estimate of drug-likeness (QED) is 0.245. The summed E-state index contributed by atoms with van der Waals surface area (Å²) in [5, 5.41) is 8.96. The predicted octanol–water partition coefficient (Wildman–Crippen LogP) is -1.21. The molecule has 0 saturated heterocycles. The van der Waals surface area contributed by atoms with Crippen LogP contribution in [0.3, 0.4) is 0 Å². The Labute approximate surface area is 99.7 Å². The second kappa shape index (κ2) is 5.62. The van der Waals surface area contributed by atoms with Crippen LogP contribution < -0.4 is 16.0 Å². The van der Waals surface area contributed by atoms with Crippen LogP contribution in [0, 0.1) is 0 Å². The van der Waals surface area contributed by atoms with Crippen molar-refractivity contribution in [2.24, 2.45) is 5.84 Å². The Morgan fingerprint density at radius 3 is 2.59 bits per heavy atom. The van der Waals surface area contributed by atoms with E-state index in [9.17, 15) is 13.2 Å². The zero-order valence-corrected chi connectivity index (χ0v) is 9.90. The maximum absolute atomic E-state index is 11.0. The van der Waals surface area contributed by atoms with Gasteiger partial charge in [0.15, 0.2) is 0 Å². The summed E-state index contributed by atoms with van der Waals surface area (Å²) in [5.74, 6) is 4.08. The summed E-state index contributed by atoms with van der Waals surface area (Å²) >= 11 is 0. The van der Waals surface area contributed by atoms with Gasteiger partial charge in [-0.1, -0.05) is 12.2 Å². The van der Waals surface area contributed by atoms with E-state index in [1.807, 2.05) is 0 Å². The minimum Gasteiger partial charge on any atom is -0.478 e. The summed E-state index contributed by atoms with van der Waals surface area (Å²) in [4.78, 5) is 11.0. The Morgan fingerprint density at radius 2 is 2.18 bits per heavy atom. The molecule has 0 radical (unpaired) electrons. The standard InChI is InChI=1S/C9H13N3O4S/c1-2-5-3-4-6(9(13)14)8(7(5)11-10)12-17(15)16/h2-4,7,11,17H,10H2,1H3,(H,13,14)(H,12,15,16). The van der Waals surface area contributed by atoms with Crippen LogP contribution in [0.2, 0.25) is 0 Å². The summed E-state index contributed by atoms with van der Waals surface area (Å²) in [6, 6.07) is -0.691. The Hall–Kier alpha value is -1.64. The van der Waals surface area contributed by atoms with Crippen LogP contribution in [0.5, 0.6) is 0 Å². The Morgan fingerprint density at radius 1 is 1.53 bits per heavy atom. The summed E-state index contributed by atoms with van der Waals surface area (Å²) in [6.45, 7) is 1.74. The number of hydrazine groups is 1. The number of carbonyl (C=O) groups is 1. The van der Waals surface area contributed by atoms with E-state index < -0.39 is 22.9 Å². The second-order valence-electron chi connectivity index (χ2n) is 3.22. The van der Waals surface area contributed by atoms with Gasteiger partial charge in [-0.05, 0) is 18.6 Å². The highest BCUT2D eigenvalue weighted by atomic mass is 32.2. The molecule has 5 N–H and O–H groups in total. The monoisotopic (exact) mass is 259 g/mol. The third-order valence-electron chi connectivity index (χ3n) is 2.30. The first-order valence-electron chi connectivity index (χ1n) is 4.70. The van der Waals surface area contributed by atoms with Crippen LogP contribution in [0.1, 0.15) is 6.92 Å². The number of hydrogen-bond donors (Lipinski definition) is 5. The number of hydrogen-bond acceptors (Lipinski definition) is 5. The van der Waals surface area contributed by atoms with Crippen LogP contribution in [-0.4, -0.2) is 25.5 Å². The van der Waals surface area contributed by atoms with Crippen LogP contribution in [0.25, 0.3) is 0 Å². The van der Waals surface area contributed by atoms with E-state index in [0.717, 1.165) is 0 Å². The molecular formula is C9H13N3O4S. The molecule has 0 aromatic heterocycles. The van der Waals surface area contributed by atoms with Gasteiger partial charge in [0.2, 0.25) is 10.9 Å². The average molecular weight is 259 g/mol. The lowest BCUT2D eigenvalue weighted by molar-refractivity contribution is -0.132. The van der Waals surface area contributed by atoms with Crippen LogP contribution in [0.15, 0.2) is 35.1 Å². The summed E-state index contributed by atoms with van der Waals surface area (Å²) in [5.41, 5.74) is 2.92. The fraction of sp³-hybridized carbons (Fsp3) is 0.222. The molecule has 94 valence electrons. The summed E-state index contributed by atoms with van der Waals surface area (Å²) in [6.07, 6.45) is 4.60. The predicted molar refractivity (Wildman–Crippen MR) is 62.1 cm³/mol. The molecule has 0 spiro atoms. The van der Waals surface area contributed by atoms with Gasteiger partial charge in [0.25, 0.3) is 0 Å². The molecule has 1 unspecified atom stereocenters. The highest BCUT2D eigenvalue weighted by Gasteiger charge is 2.26. The lowest BCUT2D eigenvalue weighted by Crippen LogP contribution is -2.44. The molecule has 1 atom stereocenters.